The Hall–Kier alpha value is -3.46. The zero-order chi connectivity index (χ0) is 26.1. The summed E-state index contributed by atoms with van der Waals surface area (Å²) in [5.74, 6) is 0.573. The fraction of sp³-hybridized carbons (Fsp3) is 0.259. The van der Waals surface area contributed by atoms with E-state index in [2.05, 4.69) is 11.9 Å². The van der Waals surface area contributed by atoms with Crippen molar-refractivity contribution in [2.45, 2.75) is 37.6 Å². The second-order valence-electron chi connectivity index (χ2n) is 8.10. The molecule has 0 saturated carbocycles. The first-order valence-electron chi connectivity index (χ1n) is 11.2. The van der Waals surface area contributed by atoms with Gasteiger partial charge in [-0.25, -0.2) is 0 Å². The molecule has 36 heavy (non-hydrogen) atoms. The third kappa shape index (κ3) is 8.05. The van der Waals surface area contributed by atoms with Crippen LogP contribution in [0.1, 0.15) is 35.3 Å². The molecule has 0 spiro atoms. The van der Waals surface area contributed by atoms with Crippen molar-refractivity contribution >= 4 is 29.3 Å². The lowest BCUT2D eigenvalue weighted by Gasteiger charge is -2.07. The van der Waals surface area contributed by atoms with Gasteiger partial charge in [0, 0.05) is 29.8 Å². The molecular weight excluding hydrogens is 491 g/mol. The average Bonchev–Trinajstić information content (AvgIpc) is 3.24. The Morgan fingerprint density at radius 3 is 2.50 bits per heavy atom. The molecule has 0 unspecified atom stereocenters. The van der Waals surface area contributed by atoms with Gasteiger partial charge in [0.1, 0.15) is 11.5 Å². The fourth-order valence-electron chi connectivity index (χ4n) is 3.56. The third-order valence-electron chi connectivity index (χ3n) is 5.30. The Balaban J connectivity index is 1.65. The van der Waals surface area contributed by atoms with Crippen LogP contribution in [0.4, 0.5) is 18.9 Å². The van der Waals surface area contributed by atoms with E-state index in [1.807, 2.05) is 12.1 Å². The summed E-state index contributed by atoms with van der Waals surface area (Å²) in [5, 5.41) is 11.6. The molecule has 1 amide bonds. The Bertz CT molecular complexity index is 1200. The van der Waals surface area contributed by atoms with Gasteiger partial charge in [-0.3, -0.25) is 9.59 Å². The van der Waals surface area contributed by atoms with Crippen molar-refractivity contribution in [3.8, 4) is 11.3 Å². The number of halogens is 3. The van der Waals surface area contributed by atoms with E-state index in [0.29, 0.717) is 47.8 Å². The van der Waals surface area contributed by atoms with Crippen LogP contribution in [-0.2, 0) is 34.4 Å². The van der Waals surface area contributed by atoms with Gasteiger partial charge in [-0.1, -0.05) is 30.3 Å². The molecule has 0 atom stereocenters. The summed E-state index contributed by atoms with van der Waals surface area (Å²) in [6.07, 6.45) is -0.852. The molecule has 2 aromatic carbocycles. The summed E-state index contributed by atoms with van der Waals surface area (Å²) in [7, 11) is 0. The lowest BCUT2D eigenvalue weighted by atomic mass is 10.0. The van der Waals surface area contributed by atoms with Crippen LogP contribution in [0.5, 0.6) is 0 Å². The van der Waals surface area contributed by atoms with Crippen LogP contribution in [0.3, 0.4) is 0 Å². The number of allylic oxidation sites excluding steroid dienone is 1. The zero-order valence-corrected chi connectivity index (χ0v) is 20.3. The molecule has 0 aliphatic rings. The Labute approximate surface area is 211 Å². The number of anilines is 1. The number of aryl methyl sites for hydroxylation is 2. The average molecular weight is 518 g/mol. The minimum absolute atomic E-state index is 0.00390. The fourth-order valence-corrected chi connectivity index (χ4v) is 4.25. The van der Waals surface area contributed by atoms with E-state index in [0.717, 1.165) is 23.3 Å². The summed E-state index contributed by atoms with van der Waals surface area (Å²) in [5.41, 5.74) is 2.14. The molecule has 1 heterocycles. The molecule has 9 heteroatoms. The number of aliphatic carboxylic acids is 1. The van der Waals surface area contributed by atoms with E-state index >= 15 is 0 Å². The van der Waals surface area contributed by atoms with Gasteiger partial charge in [-0.2, -0.15) is 13.2 Å². The quantitative estimate of drug-likeness (QED) is 0.254. The first-order chi connectivity index (χ1) is 17.2. The van der Waals surface area contributed by atoms with Crippen molar-refractivity contribution in [3.05, 3.63) is 89.7 Å². The SMILES string of the molecule is C=CCCc1oc(-c2ccc(C(F)(F)F)cc2)cc1CCC(=O)Nc1cccc(CSCC(=O)O)c1. The van der Waals surface area contributed by atoms with E-state index in [4.69, 9.17) is 9.52 Å². The molecule has 0 radical (unpaired) electrons. The van der Waals surface area contributed by atoms with Crippen molar-refractivity contribution in [2.75, 3.05) is 11.1 Å². The standard InChI is InChI=1S/C27H26F3NO4S/c1-2-3-7-23-20(15-24(35-23)19-8-11-21(12-9-19)27(28,29)30)10-13-25(32)31-22-6-4-5-18(14-22)16-36-17-26(33)34/h2,4-6,8-9,11-12,14-15H,1,3,7,10,13,16-17H2,(H,31,32)(H,33,34). The summed E-state index contributed by atoms with van der Waals surface area (Å²) < 4.78 is 44.6. The molecule has 1 aromatic heterocycles. The van der Waals surface area contributed by atoms with E-state index in [1.165, 1.54) is 23.9 Å². The highest BCUT2D eigenvalue weighted by Gasteiger charge is 2.30. The number of carboxylic acid groups (broad SMARTS) is 1. The number of nitrogens with one attached hydrogen (secondary N) is 1. The molecule has 5 nitrogen and oxygen atoms in total. The lowest BCUT2D eigenvalue weighted by molar-refractivity contribution is -0.137. The number of rotatable bonds is 12. The molecule has 0 bridgehead atoms. The molecule has 0 aliphatic heterocycles. The highest BCUT2D eigenvalue weighted by atomic mass is 32.2. The zero-order valence-electron chi connectivity index (χ0n) is 19.4. The number of hydrogen-bond donors (Lipinski definition) is 2. The second-order valence-corrected chi connectivity index (χ2v) is 9.08. The minimum atomic E-state index is -4.41. The molecule has 3 aromatic rings. The Morgan fingerprint density at radius 2 is 1.83 bits per heavy atom. The predicted molar refractivity (Wildman–Crippen MR) is 135 cm³/mol. The summed E-state index contributed by atoms with van der Waals surface area (Å²) in [4.78, 5) is 23.3. The largest absolute Gasteiger partial charge is 0.481 e. The van der Waals surface area contributed by atoms with Crippen molar-refractivity contribution < 1.29 is 32.3 Å². The summed E-state index contributed by atoms with van der Waals surface area (Å²) in [6.45, 7) is 3.72. The maximum Gasteiger partial charge on any atom is 0.416 e. The van der Waals surface area contributed by atoms with Gasteiger partial charge in [0.2, 0.25) is 5.91 Å². The molecule has 3 rings (SSSR count). The van der Waals surface area contributed by atoms with Gasteiger partial charge in [0.25, 0.3) is 0 Å². The monoisotopic (exact) mass is 517 g/mol. The highest BCUT2D eigenvalue weighted by molar-refractivity contribution is 7.99. The van der Waals surface area contributed by atoms with Gasteiger partial charge in [-0.15, -0.1) is 18.3 Å². The number of hydrogen-bond acceptors (Lipinski definition) is 4. The maximum absolute atomic E-state index is 12.9. The molecule has 0 aliphatic carbocycles. The van der Waals surface area contributed by atoms with Crippen LogP contribution in [0.25, 0.3) is 11.3 Å². The van der Waals surface area contributed by atoms with Crippen LogP contribution in [0.15, 0.2) is 71.7 Å². The van der Waals surface area contributed by atoms with E-state index < -0.39 is 17.7 Å². The van der Waals surface area contributed by atoms with Gasteiger partial charge >= 0.3 is 12.1 Å². The molecular formula is C27H26F3NO4S. The smallest absolute Gasteiger partial charge is 0.416 e. The van der Waals surface area contributed by atoms with E-state index in [-0.39, 0.29) is 18.1 Å². The van der Waals surface area contributed by atoms with Gasteiger partial charge < -0.3 is 14.8 Å². The minimum Gasteiger partial charge on any atom is -0.481 e. The predicted octanol–water partition coefficient (Wildman–Crippen LogP) is 6.97. The topological polar surface area (TPSA) is 79.5 Å². The van der Waals surface area contributed by atoms with Crippen LogP contribution >= 0.6 is 11.8 Å². The van der Waals surface area contributed by atoms with Crippen LogP contribution in [-0.4, -0.2) is 22.7 Å². The van der Waals surface area contributed by atoms with Crippen LogP contribution < -0.4 is 5.32 Å². The van der Waals surface area contributed by atoms with Crippen LogP contribution in [0, 0.1) is 0 Å². The Kier molecular flexibility index (Phi) is 9.41. The van der Waals surface area contributed by atoms with Gasteiger partial charge in [0.05, 0.1) is 11.3 Å². The highest BCUT2D eigenvalue weighted by Crippen LogP contribution is 2.33. The second kappa shape index (κ2) is 12.5. The van der Waals surface area contributed by atoms with Crippen molar-refractivity contribution in [3.63, 3.8) is 0 Å². The normalized spacial score (nSPS) is 11.3. The summed E-state index contributed by atoms with van der Waals surface area (Å²) >= 11 is 1.27. The number of carbonyl (C=O) groups is 2. The molecule has 190 valence electrons. The lowest BCUT2D eigenvalue weighted by Crippen LogP contribution is -2.12. The van der Waals surface area contributed by atoms with Crippen LogP contribution in [0.2, 0.25) is 0 Å². The van der Waals surface area contributed by atoms with Crippen molar-refractivity contribution in [1.82, 2.24) is 0 Å². The number of carbonyl (C=O) groups excluding carboxylic acids is 1. The number of benzene rings is 2. The number of carboxylic acids is 1. The van der Waals surface area contributed by atoms with E-state index in [9.17, 15) is 22.8 Å². The number of furan rings is 1. The number of thioether (sulfide) groups is 1. The first-order valence-corrected chi connectivity index (χ1v) is 12.4. The molecule has 0 fully saturated rings. The first kappa shape index (κ1) is 27.1. The number of amides is 1. The Morgan fingerprint density at radius 1 is 1.08 bits per heavy atom. The number of alkyl halides is 3. The van der Waals surface area contributed by atoms with Gasteiger partial charge in [0.15, 0.2) is 0 Å². The van der Waals surface area contributed by atoms with Crippen molar-refractivity contribution in [1.29, 1.82) is 0 Å². The van der Waals surface area contributed by atoms with Crippen molar-refractivity contribution in [2.24, 2.45) is 0 Å². The molecule has 2 N–H and O–H groups in total. The van der Waals surface area contributed by atoms with Gasteiger partial charge in [-0.05, 0) is 54.3 Å². The third-order valence-corrected chi connectivity index (χ3v) is 6.28. The van der Waals surface area contributed by atoms with E-state index in [1.54, 1.807) is 24.3 Å². The summed E-state index contributed by atoms with van der Waals surface area (Å²) in [6, 6.07) is 13.8. The maximum atomic E-state index is 12.9. The molecule has 0 saturated heterocycles.